The number of rotatable bonds is 8. The van der Waals surface area contributed by atoms with Gasteiger partial charge in [-0.1, -0.05) is 6.42 Å². The van der Waals surface area contributed by atoms with Crippen LogP contribution < -0.4 is 0 Å². The molecule has 1 rings (SSSR count). The van der Waals surface area contributed by atoms with E-state index in [2.05, 4.69) is 9.42 Å². The molecule has 16 heavy (non-hydrogen) atoms. The Morgan fingerprint density at radius 3 is 2.44 bits per heavy atom. The molecule has 1 radical (unpaired) electrons. The first-order valence-electron chi connectivity index (χ1n) is 5.55. The average Bonchev–Trinajstić information content (AvgIpc) is 2.08. The largest absolute Gasteiger partial charge is 0.469 e. The van der Waals surface area contributed by atoms with Crippen LogP contribution in [0, 0.1) is 0 Å². The minimum absolute atomic E-state index is 0.0135. The second kappa shape index (κ2) is 6.69. The highest BCUT2D eigenvalue weighted by molar-refractivity contribution is 7.46. The van der Waals surface area contributed by atoms with E-state index in [-0.39, 0.29) is 13.2 Å². The van der Waals surface area contributed by atoms with Crippen molar-refractivity contribution in [2.24, 2.45) is 0 Å². The molecule has 0 aromatic carbocycles. The highest BCUT2D eigenvalue weighted by Crippen LogP contribution is 2.35. The summed E-state index contributed by atoms with van der Waals surface area (Å²) in [7, 11) is -4.36. The van der Waals surface area contributed by atoms with Crippen LogP contribution in [0.4, 0.5) is 0 Å². The van der Waals surface area contributed by atoms with Gasteiger partial charge in [-0.3, -0.25) is 9.42 Å². The first-order valence-corrected chi connectivity index (χ1v) is 7.08. The average molecular weight is 252 g/mol. The topological polar surface area (TPSA) is 89.9 Å². The van der Waals surface area contributed by atoms with Crippen LogP contribution in [0.2, 0.25) is 0 Å². The van der Waals surface area contributed by atoms with Crippen LogP contribution in [0.3, 0.4) is 0 Å². The predicted molar refractivity (Wildman–Crippen MR) is 57.4 cm³/mol. The Morgan fingerprint density at radius 2 is 2.00 bits per heavy atom. The molecule has 0 amide bonds. The van der Waals surface area contributed by atoms with Crippen LogP contribution in [0.1, 0.15) is 25.7 Å². The Labute approximate surface area is 95.5 Å². The molecule has 6 nitrogen and oxygen atoms in total. The van der Waals surface area contributed by atoms with Gasteiger partial charge in [0.05, 0.1) is 13.2 Å². The minimum atomic E-state index is -4.36. The molecule has 0 atom stereocenters. The molecular formula is C9H19NO5P. The maximum atomic E-state index is 10.5. The van der Waals surface area contributed by atoms with E-state index in [0.29, 0.717) is 25.6 Å². The van der Waals surface area contributed by atoms with E-state index < -0.39 is 7.82 Å². The Kier molecular flexibility index (Phi) is 5.89. The Hall–Kier alpha value is 0.0300. The summed E-state index contributed by atoms with van der Waals surface area (Å²) in [4.78, 5) is 19.2. The van der Waals surface area contributed by atoms with Gasteiger partial charge in [0, 0.05) is 19.1 Å². The van der Waals surface area contributed by atoms with E-state index in [1.165, 1.54) is 6.42 Å². The lowest BCUT2D eigenvalue weighted by Gasteiger charge is -2.37. The number of phosphoric acid groups is 1. The molecular weight excluding hydrogens is 233 g/mol. The fraction of sp³-hybridized carbons (Fsp3) is 1.00. The van der Waals surface area contributed by atoms with Crippen molar-refractivity contribution in [3.8, 4) is 0 Å². The number of nitrogens with zero attached hydrogens (tertiary/aromatic N) is 1. The monoisotopic (exact) mass is 252 g/mol. The van der Waals surface area contributed by atoms with E-state index in [9.17, 15) is 9.67 Å². The lowest BCUT2D eigenvalue weighted by atomic mass is 9.91. The molecule has 0 saturated heterocycles. The molecule has 1 aliphatic rings. The third-order valence-corrected chi connectivity index (χ3v) is 3.34. The molecule has 0 bridgehead atoms. The molecule has 0 aliphatic heterocycles. The summed E-state index contributed by atoms with van der Waals surface area (Å²) in [6, 6.07) is 0.465. The summed E-state index contributed by atoms with van der Waals surface area (Å²) >= 11 is 0. The van der Waals surface area contributed by atoms with Crippen LogP contribution in [0.5, 0.6) is 0 Å². The quantitative estimate of drug-likeness (QED) is 0.623. The van der Waals surface area contributed by atoms with Gasteiger partial charge in [0.2, 0.25) is 0 Å². The standard InChI is InChI=1S/C9H19NO5P/c11-7-2-5-10(9-3-1-4-9)6-8-15-16(12,13)14/h9H,1-8H2,(H2,12,13,14). The van der Waals surface area contributed by atoms with Crippen LogP contribution in [0.15, 0.2) is 0 Å². The lowest BCUT2D eigenvalue weighted by molar-refractivity contribution is 0.0827. The molecule has 95 valence electrons. The fourth-order valence-corrected chi connectivity index (χ4v) is 2.09. The van der Waals surface area contributed by atoms with Crippen molar-refractivity contribution in [3.63, 3.8) is 0 Å². The molecule has 0 heterocycles. The third-order valence-electron chi connectivity index (χ3n) is 2.82. The summed E-state index contributed by atoms with van der Waals surface area (Å²) < 4.78 is 14.9. The third kappa shape index (κ3) is 5.39. The van der Waals surface area contributed by atoms with Crippen LogP contribution in [-0.2, 0) is 14.2 Å². The van der Waals surface area contributed by atoms with Gasteiger partial charge in [-0.15, -0.1) is 0 Å². The highest BCUT2D eigenvalue weighted by Gasteiger charge is 2.25. The molecule has 1 fully saturated rings. The maximum absolute atomic E-state index is 10.5. The number of phosphoric ester groups is 1. The molecule has 1 aliphatic carbocycles. The first kappa shape index (κ1) is 14.1. The van der Waals surface area contributed by atoms with Crippen LogP contribution in [0.25, 0.3) is 0 Å². The first-order chi connectivity index (χ1) is 7.53. The Balaban J connectivity index is 2.23. The van der Waals surface area contributed by atoms with E-state index in [4.69, 9.17) is 9.79 Å². The lowest BCUT2D eigenvalue weighted by Crippen LogP contribution is -2.42. The van der Waals surface area contributed by atoms with Gasteiger partial charge < -0.3 is 9.79 Å². The summed E-state index contributed by atoms with van der Waals surface area (Å²) in [6.45, 7) is 1.08. The minimum Gasteiger partial charge on any atom is -0.303 e. The van der Waals surface area contributed by atoms with Crippen molar-refractivity contribution in [3.05, 3.63) is 0 Å². The van der Waals surface area contributed by atoms with Crippen molar-refractivity contribution in [1.29, 1.82) is 0 Å². The molecule has 1 saturated carbocycles. The van der Waals surface area contributed by atoms with Gasteiger partial charge in [0.25, 0.3) is 0 Å². The van der Waals surface area contributed by atoms with Gasteiger partial charge >= 0.3 is 7.82 Å². The van der Waals surface area contributed by atoms with Gasteiger partial charge in [-0.2, -0.15) is 0 Å². The second-order valence-electron chi connectivity index (χ2n) is 4.00. The van der Waals surface area contributed by atoms with Crippen molar-refractivity contribution in [2.75, 3.05) is 26.3 Å². The van der Waals surface area contributed by atoms with Gasteiger partial charge in [0.15, 0.2) is 0 Å². The molecule has 0 spiro atoms. The van der Waals surface area contributed by atoms with Crippen molar-refractivity contribution in [2.45, 2.75) is 31.7 Å². The Bertz CT molecular complexity index is 240. The van der Waals surface area contributed by atoms with Crippen LogP contribution in [-0.4, -0.2) is 47.0 Å². The van der Waals surface area contributed by atoms with E-state index in [1.807, 2.05) is 0 Å². The highest BCUT2D eigenvalue weighted by atomic mass is 31.2. The SMILES string of the molecule is [O]CCCN(CCOP(=O)(O)O)C1CCC1. The zero-order chi connectivity index (χ0) is 12.0. The predicted octanol–water partition coefficient (Wildman–Crippen LogP) is 0.771. The van der Waals surface area contributed by atoms with Crippen molar-refractivity contribution < 1.29 is 24.0 Å². The fourth-order valence-electron chi connectivity index (χ4n) is 1.77. The summed E-state index contributed by atoms with van der Waals surface area (Å²) in [6.07, 6.45) is 3.98. The zero-order valence-electron chi connectivity index (χ0n) is 9.25. The molecule has 0 aromatic heterocycles. The van der Waals surface area contributed by atoms with Gasteiger partial charge in [-0.25, -0.2) is 9.67 Å². The van der Waals surface area contributed by atoms with Crippen molar-refractivity contribution in [1.82, 2.24) is 4.90 Å². The summed E-state index contributed by atoms with van der Waals surface area (Å²) in [5.74, 6) is 0. The molecule has 2 N–H and O–H groups in total. The molecule has 7 heteroatoms. The van der Waals surface area contributed by atoms with E-state index in [0.717, 1.165) is 12.8 Å². The molecule has 0 unspecified atom stereocenters. The Morgan fingerprint density at radius 1 is 1.31 bits per heavy atom. The van der Waals surface area contributed by atoms with Gasteiger partial charge in [0.1, 0.15) is 0 Å². The van der Waals surface area contributed by atoms with Crippen LogP contribution >= 0.6 is 7.82 Å². The zero-order valence-corrected chi connectivity index (χ0v) is 10.1. The number of hydrogen-bond acceptors (Lipinski definition) is 3. The van der Waals surface area contributed by atoms with E-state index in [1.54, 1.807) is 0 Å². The van der Waals surface area contributed by atoms with Crippen molar-refractivity contribution >= 4 is 7.82 Å². The van der Waals surface area contributed by atoms with E-state index >= 15 is 0 Å². The smallest absolute Gasteiger partial charge is 0.303 e. The number of hydrogen-bond donors (Lipinski definition) is 2. The normalized spacial score (nSPS) is 17.8. The molecule has 0 aromatic rings. The summed E-state index contributed by atoms with van der Waals surface area (Å²) in [5.41, 5.74) is 0. The second-order valence-corrected chi connectivity index (χ2v) is 5.24. The van der Waals surface area contributed by atoms with Gasteiger partial charge in [-0.05, 0) is 19.3 Å². The summed E-state index contributed by atoms with van der Waals surface area (Å²) in [5, 5.41) is 10.4. The maximum Gasteiger partial charge on any atom is 0.469 e.